The molecule has 1 atom stereocenters. The highest BCUT2D eigenvalue weighted by Gasteiger charge is 2.26. The van der Waals surface area contributed by atoms with Crippen molar-refractivity contribution in [2.75, 3.05) is 19.3 Å². The molecule has 0 saturated heterocycles. The monoisotopic (exact) mass is 519 g/mol. The molecular formula is C24H25NO10S. The lowest BCUT2D eigenvalue weighted by Crippen LogP contribution is -2.45. The highest BCUT2D eigenvalue weighted by atomic mass is 32.2. The minimum Gasteiger partial charge on any atom is -0.461 e. The van der Waals surface area contributed by atoms with Crippen molar-refractivity contribution in [3.63, 3.8) is 0 Å². The maximum atomic E-state index is 12.3. The second kappa shape index (κ2) is 15.0. The van der Waals surface area contributed by atoms with Gasteiger partial charge in [-0.25, -0.2) is 24.0 Å². The third kappa shape index (κ3) is 10.5. The molecule has 0 radical (unpaired) electrons. The second-order valence-corrected chi connectivity index (χ2v) is 8.11. The molecule has 0 bridgehead atoms. The van der Waals surface area contributed by atoms with E-state index in [1.165, 1.54) is 24.3 Å². The highest BCUT2D eigenvalue weighted by Crippen LogP contribution is 2.11. The third-order valence-corrected chi connectivity index (χ3v) is 4.92. The summed E-state index contributed by atoms with van der Waals surface area (Å²) in [4.78, 5) is 60.1. The van der Waals surface area contributed by atoms with Gasteiger partial charge in [-0.2, -0.15) is 0 Å². The van der Waals surface area contributed by atoms with Crippen LogP contribution in [0.2, 0.25) is 0 Å². The minimum atomic E-state index is -1.28. The van der Waals surface area contributed by atoms with Gasteiger partial charge in [0.05, 0.1) is 17.2 Å². The molecule has 12 heteroatoms. The second-order valence-electron chi connectivity index (χ2n) is 7.15. The van der Waals surface area contributed by atoms with E-state index in [1.54, 1.807) is 50.2 Å². The van der Waals surface area contributed by atoms with E-state index in [0.29, 0.717) is 11.8 Å². The fraction of sp³-hybridized carbons (Fsp3) is 0.292. The quantitative estimate of drug-likeness (QED) is 0.264. The molecule has 2 aromatic rings. The molecule has 2 aromatic carbocycles. The van der Waals surface area contributed by atoms with Crippen LogP contribution in [-0.4, -0.2) is 60.8 Å². The van der Waals surface area contributed by atoms with E-state index in [2.05, 4.69) is 5.32 Å². The summed E-state index contributed by atoms with van der Waals surface area (Å²) in [6.45, 7) is 1.88. The fourth-order valence-electron chi connectivity index (χ4n) is 2.44. The maximum Gasteiger partial charge on any atom is 0.410 e. The Kier molecular flexibility index (Phi) is 11.8. The lowest BCUT2D eigenvalue weighted by Gasteiger charge is -2.18. The standard InChI is InChI=1S/C24H25NO10S/c1-16(2)35-22(28)19(25-23(29)33-14-31-20(26)17-9-5-3-6-10-17)13-36-24(30)34-15-32-21(27)18-11-7-4-8-12-18/h3-12,16,19H,13-15H2,1-2H3,(H,25,29)/t19-/m0/s1. The van der Waals surface area contributed by atoms with Crippen molar-refractivity contribution in [1.82, 2.24) is 5.32 Å². The SMILES string of the molecule is CC(C)OC(=O)[C@H](CSC(=O)OCOC(=O)c1ccccc1)NC(=O)OCOC(=O)c1ccccc1. The number of benzene rings is 2. The Morgan fingerprint density at radius 2 is 1.25 bits per heavy atom. The summed E-state index contributed by atoms with van der Waals surface area (Å²) in [5, 5.41) is 1.39. The van der Waals surface area contributed by atoms with Gasteiger partial charge in [0.15, 0.2) is 0 Å². The Labute approximate surface area is 211 Å². The Bertz CT molecular complexity index is 1030. The number of carbonyl (C=O) groups excluding carboxylic acids is 5. The molecule has 0 aromatic heterocycles. The topological polar surface area (TPSA) is 144 Å². The lowest BCUT2D eigenvalue weighted by atomic mass is 10.2. The van der Waals surface area contributed by atoms with Crippen molar-refractivity contribution in [2.24, 2.45) is 0 Å². The average Bonchev–Trinajstić information content (AvgIpc) is 2.87. The molecule has 0 aliphatic heterocycles. The van der Waals surface area contributed by atoms with Gasteiger partial charge in [0.2, 0.25) is 13.6 Å². The molecule has 2 rings (SSSR count). The van der Waals surface area contributed by atoms with Crippen LogP contribution < -0.4 is 5.32 Å². The van der Waals surface area contributed by atoms with Crippen LogP contribution in [0.4, 0.5) is 9.59 Å². The average molecular weight is 520 g/mol. The van der Waals surface area contributed by atoms with Crippen molar-refractivity contribution in [3.8, 4) is 0 Å². The summed E-state index contributed by atoms with van der Waals surface area (Å²) >= 11 is 0.547. The Morgan fingerprint density at radius 1 is 0.750 bits per heavy atom. The molecule has 36 heavy (non-hydrogen) atoms. The number of nitrogens with one attached hydrogen (secondary N) is 1. The van der Waals surface area contributed by atoms with E-state index in [0.717, 1.165) is 0 Å². The van der Waals surface area contributed by atoms with Crippen LogP contribution in [0.25, 0.3) is 0 Å². The number of esters is 3. The van der Waals surface area contributed by atoms with Crippen LogP contribution >= 0.6 is 11.8 Å². The van der Waals surface area contributed by atoms with E-state index in [1.807, 2.05) is 0 Å². The third-order valence-electron chi connectivity index (χ3n) is 4.06. The van der Waals surface area contributed by atoms with Gasteiger partial charge >= 0.3 is 29.3 Å². The van der Waals surface area contributed by atoms with Crippen LogP contribution in [0.5, 0.6) is 0 Å². The summed E-state index contributed by atoms with van der Waals surface area (Å²) in [6.07, 6.45) is -1.56. The first-order valence-corrected chi connectivity index (χ1v) is 11.6. The smallest absolute Gasteiger partial charge is 0.410 e. The molecule has 0 aliphatic carbocycles. The van der Waals surface area contributed by atoms with Crippen LogP contribution in [0, 0.1) is 0 Å². The zero-order valence-electron chi connectivity index (χ0n) is 19.5. The van der Waals surface area contributed by atoms with Crippen molar-refractivity contribution in [2.45, 2.75) is 26.0 Å². The molecule has 0 heterocycles. The lowest BCUT2D eigenvalue weighted by molar-refractivity contribution is -0.149. The van der Waals surface area contributed by atoms with Gasteiger partial charge in [-0.3, -0.25) is 0 Å². The van der Waals surface area contributed by atoms with E-state index in [9.17, 15) is 24.0 Å². The number of hydrogen-bond donors (Lipinski definition) is 1. The van der Waals surface area contributed by atoms with Gasteiger partial charge in [-0.1, -0.05) is 36.4 Å². The van der Waals surface area contributed by atoms with Gasteiger partial charge in [-0.05, 0) is 49.9 Å². The molecular weight excluding hydrogens is 494 g/mol. The van der Waals surface area contributed by atoms with Crippen LogP contribution in [-0.2, 0) is 28.5 Å². The Hall–Kier alpha value is -4.06. The summed E-state index contributed by atoms with van der Waals surface area (Å²) in [7, 11) is 0. The van der Waals surface area contributed by atoms with Crippen LogP contribution in [0.1, 0.15) is 34.6 Å². The number of rotatable bonds is 11. The molecule has 0 fully saturated rings. The summed E-state index contributed by atoms with van der Waals surface area (Å²) in [5.74, 6) is -2.47. The molecule has 0 saturated carbocycles. The highest BCUT2D eigenvalue weighted by molar-refractivity contribution is 8.13. The minimum absolute atomic E-state index is 0.268. The fourth-order valence-corrected chi connectivity index (χ4v) is 3.10. The van der Waals surface area contributed by atoms with Gasteiger partial charge < -0.3 is 29.0 Å². The van der Waals surface area contributed by atoms with Crippen molar-refractivity contribution in [3.05, 3.63) is 71.8 Å². The molecule has 11 nitrogen and oxygen atoms in total. The zero-order chi connectivity index (χ0) is 26.3. The van der Waals surface area contributed by atoms with E-state index >= 15 is 0 Å². The van der Waals surface area contributed by atoms with E-state index in [4.69, 9.17) is 23.7 Å². The predicted molar refractivity (Wildman–Crippen MR) is 127 cm³/mol. The number of hydrogen-bond acceptors (Lipinski definition) is 11. The molecule has 0 aliphatic rings. The number of carbonyl (C=O) groups is 5. The van der Waals surface area contributed by atoms with Gasteiger partial charge in [0, 0.05) is 5.75 Å². The first-order chi connectivity index (χ1) is 17.3. The van der Waals surface area contributed by atoms with Crippen LogP contribution in [0.15, 0.2) is 60.7 Å². The number of ether oxygens (including phenoxy) is 5. The molecule has 1 amide bonds. The summed E-state index contributed by atoms with van der Waals surface area (Å²) in [5.41, 5.74) is 0.555. The largest absolute Gasteiger partial charge is 0.461 e. The number of alkyl carbamates (subject to hydrolysis) is 1. The molecule has 0 unspecified atom stereocenters. The van der Waals surface area contributed by atoms with Gasteiger partial charge in [0.1, 0.15) is 6.04 Å². The van der Waals surface area contributed by atoms with Crippen molar-refractivity contribution in [1.29, 1.82) is 0 Å². The molecule has 1 N–H and O–H groups in total. The van der Waals surface area contributed by atoms with E-state index < -0.39 is 55.0 Å². The predicted octanol–water partition coefficient (Wildman–Crippen LogP) is 3.53. The van der Waals surface area contributed by atoms with Gasteiger partial charge in [0.25, 0.3) is 0 Å². The molecule has 192 valence electrons. The number of amides is 1. The van der Waals surface area contributed by atoms with Crippen molar-refractivity contribution < 1.29 is 47.7 Å². The van der Waals surface area contributed by atoms with Gasteiger partial charge in [-0.15, -0.1) is 0 Å². The van der Waals surface area contributed by atoms with Crippen LogP contribution in [0.3, 0.4) is 0 Å². The Balaban J connectivity index is 1.78. The maximum absolute atomic E-state index is 12.3. The van der Waals surface area contributed by atoms with E-state index in [-0.39, 0.29) is 16.9 Å². The normalized spacial score (nSPS) is 11.1. The first-order valence-electron chi connectivity index (χ1n) is 10.6. The molecule has 0 spiro atoms. The zero-order valence-corrected chi connectivity index (χ0v) is 20.4. The summed E-state index contributed by atoms with van der Waals surface area (Å²) in [6, 6.07) is 14.9. The summed E-state index contributed by atoms with van der Waals surface area (Å²) < 4.78 is 24.4. The van der Waals surface area contributed by atoms with Crippen molar-refractivity contribution >= 4 is 41.1 Å². The first kappa shape index (κ1) is 28.2. The number of thioether (sulfide) groups is 1. The Morgan fingerprint density at radius 3 is 1.75 bits per heavy atom.